The molecular weight excluding hydrogens is 356 g/mol. The van der Waals surface area contributed by atoms with Crippen LogP contribution in [-0.4, -0.2) is 63.7 Å². The number of carboxylic acid groups (broad SMARTS) is 2. The topological polar surface area (TPSA) is 192 Å². The van der Waals surface area contributed by atoms with Crippen molar-refractivity contribution in [1.82, 2.24) is 5.32 Å². The maximum absolute atomic E-state index is 12.0. The van der Waals surface area contributed by atoms with E-state index in [0.29, 0.717) is 0 Å². The predicted octanol–water partition coefficient (Wildman–Crippen LogP) is -0.800. The summed E-state index contributed by atoms with van der Waals surface area (Å²) >= 11 is 0. The van der Waals surface area contributed by atoms with Gasteiger partial charge in [0.25, 0.3) is 0 Å². The van der Waals surface area contributed by atoms with E-state index in [2.05, 4.69) is 9.47 Å². The average Bonchev–Trinajstić information content (AvgIpc) is 2.43. The van der Waals surface area contributed by atoms with Gasteiger partial charge in [-0.05, 0) is 34.6 Å². The first-order chi connectivity index (χ1) is 11.5. The van der Waals surface area contributed by atoms with Gasteiger partial charge in [0, 0.05) is 0 Å². The molecule has 0 heterocycles. The van der Waals surface area contributed by atoms with Crippen molar-refractivity contribution in [2.24, 2.45) is 5.73 Å². The Kier molecular flexibility index (Phi) is 7.10. The molecule has 0 fully saturated rings. The molecule has 0 aliphatic rings. The fourth-order valence-electron chi connectivity index (χ4n) is 1.22. The van der Waals surface area contributed by atoms with Crippen LogP contribution < -0.4 is 11.1 Å². The van der Waals surface area contributed by atoms with E-state index in [1.54, 1.807) is 0 Å². The lowest BCUT2D eigenvalue weighted by Crippen LogP contribution is -2.59. The van der Waals surface area contributed by atoms with Gasteiger partial charge < -0.3 is 30.2 Å². The predicted molar refractivity (Wildman–Crippen MR) is 82.7 cm³/mol. The number of carbonyl (C=O) groups excluding carboxylic acids is 3. The summed E-state index contributed by atoms with van der Waals surface area (Å²) in [5.74, 6) is -6.36. The SMILES string of the molecule is CC(C)(C)OC(=O)NC(C)(C(=O)O)C(=O)OCOC(=O)C(C)(N)C(=O)O. The normalized spacial score (nSPS) is 15.6. The van der Waals surface area contributed by atoms with E-state index >= 15 is 0 Å². The lowest BCUT2D eigenvalue weighted by molar-refractivity contribution is -0.179. The maximum atomic E-state index is 12.0. The second-order valence-electron chi connectivity index (χ2n) is 6.55. The van der Waals surface area contributed by atoms with Crippen LogP contribution in [0.15, 0.2) is 0 Å². The number of esters is 2. The van der Waals surface area contributed by atoms with Gasteiger partial charge in [-0.15, -0.1) is 0 Å². The van der Waals surface area contributed by atoms with Gasteiger partial charge in [0.2, 0.25) is 17.9 Å². The molecule has 148 valence electrons. The van der Waals surface area contributed by atoms with Crippen molar-refractivity contribution in [3.05, 3.63) is 0 Å². The summed E-state index contributed by atoms with van der Waals surface area (Å²) in [6.45, 7) is 5.13. The van der Waals surface area contributed by atoms with Crippen LogP contribution in [0, 0.1) is 0 Å². The van der Waals surface area contributed by atoms with Crippen LogP contribution in [0.25, 0.3) is 0 Å². The molecule has 5 N–H and O–H groups in total. The highest BCUT2D eigenvalue weighted by atomic mass is 16.7. The Morgan fingerprint density at radius 1 is 0.885 bits per heavy atom. The maximum Gasteiger partial charge on any atom is 0.409 e. The van der Waals surface area contributed by atoms with Crippen LogP contribution >= 0.6 is 0 Å². The van der Waals surface area contributed by atoms with Gasteiger partial charge in [-0.1, -0.05) is 0 Å². The molecule has 12 nitrogen and oxygen atoms in total. The Hall–Kier alpha value is -2.89. The van der Waals surface area contributed by atoms with Gasteiger partial charge in [0.1, 0.15) is 5.60 Å². The van der Waals surface area contributed by atoms with Crippen LogP contribution in [0.4, 0.5) is 4.79 Å². The zero-order valence-electron chi connectivity index (χ0n) is 14.9. The van der Waals surface area contributed by atoms with Crippen LogP contribution in [0.2, 0.25) is 0 Å². The van der Waals surface area contributed by atoms with Crippen molar-refractivity contribution >= 4 is 30.0 Å². The molecule has 2 atom stereocenters. The van der Waals surface area contributed by atoms with Gasteiger partial charge in [-0.25, -0.2) is 24.0 Å². The van der Waals surface area contributed by atoms with Gasteiger partial charge in [0.15, 0.2) is 0 Å². The Labute approximate surface area is 148 Å². The van der Waals surface area contributed by atoms with Crippen molar-refractivity contribution in [1.29, 1.82) is 0 Å². The second kappa shape index (κ2) is 7.99. The number of carboxylic acids is 2. The highest BCUT2D eigenvalue weighted by Crippen LogP contribution is 2.12. The minimum atomic E-state index is -2.55. The Bertz CT molecular complexity index is 607. The summed E-state index contributed by atoms with van der Waals surface area (Å²) < 4.78 is 13.7. The van der Waals surface area contributed by atoms with Gasteiger partial charge in [0.05, 0.1) is 0 Å². The highest BCUT2D eigenvalue weighted by Gasteiger charge is 2.46. The van der Waals surface area contributed by atoms with E-state index in [1.165, 1.54) is 20.8 Å². The van der Waals surface area contributed by atoms with Crippen molar-refractivity contribution in [2.45, 2.75) is 51.3 Å². The van der Waals surface area contributed by atoms with Gasteiger partial charge in [-0.2, -0.15) is 0 Å². The van der Waals surface area contributed by atoms with Crippen LogP contribution in [0.1, 0.15) is 34.6 Å². The van der Waals surface area contributed by atoms with Gasteiger partial charge in [-0.3, -0.25) is 5.32 Å². The first-order valence-corrected chi connectivity index (χ1v) is 7.15. The third-order valence-electron chi connectivity index (χ3n) is 2.84. The summed E-state index contributed by atoms with van der Waals surface area (Å²) in [6, 6.07) is 0. The fraction of sp³-hybridized carbons (Fsp3) is 0.643. The summed E-state index contributed by atoms with van der Waals surface area (Å²) in [4.78, 5) is 57.2. The highest BCUT2D eigenvalue weighted by molar-refractivity contribution is 6.06. The van der Waals surface area contributed by atoms with Crippen molar-refractivity contribution in [3.8, 4) is 0 Å². The third-order valence-corrected chi connectivity index (χ3v) is 2.84. The van der Waals surface area contributed by atoms with Crippen LogP contribution in [0.5, 0.6) is 0 Å². The average molecular weight is 378 g/mol. The van der Waals surface area contributed by atoms with Crippen LogP contribution in [-0.2, 0) is 33.4 Å². The Morgan fingerprint density at radius 3 is 1.73 bits per heavy atom. The molecule has 0 spiro atoms. The summed E-state index contributed by atoms with van der Waals surface area (Å²) in [5.41, 5.74) is -0.696. The number of nitrogens with one attached hydrogen (secondary N) is 1. The number of hydrogen-bond donors (Lipinski definition) is 4. The Balaban J connectivity index is 4.94. The molecule has 0 aromatic rings. The molecule has 0 rings (SSSR count). The molecule has 0 aromatic carbocycles. The number of alkyl carbamates (subject to hydrolysis) is 1. The zero-order valence-corrected chi connectivity index (χ0v) is 14.9. The molecule has 0 aromatic heterocycles. The largest absolute Gasteiger partial charge is 0.479 e. The molecule has 0 radical (unpaired) electrons. The smallest absolute Gasteiger partial charge is 0.409 e. The van der Waals surface area contributed by atoms with Crippen molar-refractivity contribution < 1.29 is 48.4 Å². The molecular formula is C14H22N2O10. The summed E-state index contributed by atoms with van der Waals surface area (Å²) in [6.07, 6.45) is -1.20. The molecule has 2 unspecified atom stereocenters. The van der Waals surface area contributed by atoms with E-state index in [0.717, 1.165) is 13.8 Å². The first-order valence-electron chi connectivity index (χ1n) is 7.15. The Morgan fingerprint density at radius 2 is 1.35 bits per heavy atom. The molecule has 0 bridgehead atoms. The lowest BCUT2D eigenvalue weighted by atomic mass is 10.0. The van der Waals surface area contributed by atoms with Crippen molar-refractivity contribution in [2.75, 3.05) is 6.79 Å². The van der Waals surface area contributed by atoms with E-state index in [1.807, 2.05) is 5.32 Å². The number of rotatable bonds is 7. The number of ether oxygens (including phenoxy) is 3. The fourth-order valence-corrected chi connectivity index (χ4v) is 1.22. The number of amides is 1. The minimum Gasteiger partial charge on any atom is -0.479 e. The number of hydrogen-bond acceptors (Lipinski definition) is 9. The van der Waals surface area contributed by atoms with E-state index in [9.17, 15) is 29.1 Å². The standard InChI is InChI=1S/C14H22N2O10/c1-12(2,3)26-11(23)16-14(5,8(19)20)10(22)25-6-24-9(21)13(4,15)7(17)18/h6,15H2,1-5H3,(H,16,23)(H,17,18)(H,19,20). The van der Waals surface area contributed by atoms with E-state index in [-0.39, 0.29) is 0 Å². The quantitative estimate of drug-likeness (QED) is 0.246. The molecule has 0 saturated heterocycles. The molecule has 0 aliphatic heterocycles. The number of carbonyl (C=O) groups is 5. The number of aliphatic carboxylic acids is 2. The molecule has 1 amide bonds. The van der Waals surface area contributed by atoms with Crippen LogP contribution in [0.3, 0.4) is 0 Å². The summed E-state index contributed by atoms with van der Waals surface area (Å²) in [7, 11) is 0. The van der Waals surface area contributed by atoms with Crippen molar-refractivity contribution in [3.63, 3.8) is 0 Å². The van der Waals surface area contributed by atoms with E-state index in [4.69, 9.17) is 15.6 Å². The molecule has 0 saturated carbocycles. The zero-order chi connectivity index (χ0) is 20.9. The lowest BCUT2D eigenvalue weighted by Gasteiger charge is -2.26. The van der Waals surface area contributed by atoms with Gasteiger partial charge >= 0.3 is 30.0 Å². The molecule has 12 heteroatoms. The monoisotopic (exact) mass is 378 g/mol. The van der Waals surface area contributed by atoms with E-state index < -0.39 is 53.4 Å². The first kappa shape index (κ1) is 23.1. The third kappa shape index (κ3) is 6.20. The second-order valence-corrected chi connectivity index (χ2v) is 6.55. The molecule has 26 heavy (non-hydrogen) atoms. The number of nitrogens with two attached hydrogens (primary N) is 1. The summed E-state index contributed by atoms with van der Waals surface area (Å²) in [5, 5.41) is 19.8. The molecule has 0 aliphatic carbocycles. The minimum absolute atomic E-state index is 0.827.